The molecule has 12 heteroatoms. The van der Waals surface area contributed by atoms with Crippen LogP contribution in [0.25, 0.3) is 0 Å². The Labute approximate surface area is 185 Å². The van der Waals surface area contributed by atoms with Gasteiger partial charge in [0.2, 0.25) is 5.13 Å². The number of rotatable bonds is 6. The minimum atomic E-state index is -4.43. The Balaban J connectivity index is 1.46. The van der Waals surface area contributed by atoms with Crippen molar-refractivity contribution in [2.75, 3.05) is 11.1 Å². The maximum absolute atomic E-state index is 13.0. The smallest absolute Gasteiger partial charge is 0.398 e. The van der Waals surface area contributed by atoms with Crippen molar-refractivity contribution in [1.29, 1.82) is 0 Å². The number of nitrogen functional groups attached to an aromatic ring is 1. The number of nitrogens with one attached hydrogen (secondary N) is 1. The van der Waals surface area contributed by atoms with Crippen molar-refractivity contribution in [2.24, 2.45) is 0 Å². The lowest BCUT2D eigenvalue weighted by Crippen LogP contribution is -2.10. The molecule has 8 nitrogen and oxygen atoms in total. The lowest BCUT2D eigenvalue weighted by Gasteiger charge is -2.11. The predicted octanol–water partition coefficient (Wildman–Crippen LogP) is 4.55. The van der Waals surface area contributed by atoms with Gasteiger partial charge in [0.05, 0.1) is 17.8 Å². The number of nitrogens with zero attached hydrogens (tertiary/aromatic N) is 6. The van der Waals surface area contributed by atoms with Gasteiger partial charge in [-0.2, -0.15) is 23.4 Å². The Kier molecular flexibility index (Phi) is 5.63. The van der Waals surface area contributed by atoms with E-state index < -0.39 is 11.7 Å². The zero-order valence-corrected chi connectivity index (χ0v) is 18.4. The number of nitrogens with two attached hydrogens (primary N) is 1. The molecule has 0 aliphatic carbocycles. The molecule has 0 saturated carbocycles. The van der Waals surface area contributed by atoms with Crippen LogP contribution in [0.5, 0.6) is 0 Å². The molecule has 4 aromatic rings. The third kappa shape index (κ3) is 4.59. The molecule has 0 aliphatic heterocycles. The van der Waals surface area contributed by atoms with Crippen LogP contribution in [0.15, 0.2) is 36.5 Å². The number of aryl methyl sites for hydroxylation is 2. The van der Waals surface area contributed by atoms with Gasteiger partial charge in [0.1, 0.15) is 11.0 Å². The SMILES string of the molecule is Cc1cc(C)n(C(C)c2nnc(Nc3ccn(Cc4cc(C(F)(F)F)ccc4N)n3)s2)n1. The average molecular weight is 463 g/mol. The summed E-state index contributed by atoms with van der Waals surface area (Å²) in [6.45, 7) is 6.03. The largest absolute Gasteiger partial charge is 0.416 e. The molecule has 32 heavy (non-hydrogen) atoms. The Morgan fingerprint density at radius 2 is 1.91 bits per heavy atom. The average Bonchev–Trinajstić information content (AvgIpc) is 3.43. The van der Waals surface area contributed by atoms with Crippen molar-refractivity contribution < 1.29 is 13.2 Å². The lowest BCUT2D eigenvalue weighted by molar-refractivity contribution is -0.137. The zero-order chi connectivity index (χ0) is 23.0. The topological polar surface area (TPSA) is 99.5 Å². The molecule has 0 saturated heterocycles. The highest BCUT2D eigenvalue weighted by Crippen LogP contribution is 2.31. The normalized spacial score (nSPS) is 12.8. The molecule has 1 aromatic carbocycles. The first-order valence-electron chi connectivity index (χ1n) is 9.72. The first kappa shape index (κ1) is 21.8. The molecule has 1 unspecified atom stereocenters. The van der Waals surface area contributed by atoms with Crippen molar-refractivity contribution in [3.63, 3.8) is 0 Å². The maximum Gasteiger partial charge on any atom is 0.416 e. The summed E-state index contributed by atoms with van der Waals surface area (Å²) in [5, 5.41) is 21.7. The quantitative estimate of drug-likeness (QED) is 0.408. The first-order valence-corrected chi connectivity index (χ1v) is 10.5. The highest BCUT2D eigenvalue weighted by molar-refractivity contribution is 7.15. The van der Waals surface area contributed by atoms with Crippen LogP contribution in [0.4, 0.5) is 29.8 Å². The highest BCUT2D eigenvalue weighted by atomic mass is 32.1. The summed E-state index contributed by atoms with van der Waals surface area (Å²) in [4.78, 5) is 0. The lowest BCUT2D eigenvalue weighted by atomic mass is 10.1. The van der Waals surface area contributed by atoms with E-state index >= 15 is 0 Å². The van der Waals surface area contributed by atoms with E-state index in [1.54, 1.807) is 12.3 Å². The van der Waals surface area contributed by atoms with E-state index in [0.717, 1.165) is 28.5 Å². The van der Waals surface area contributed by atoms with E-state index in [0.29, 0.717) is 16.5 Å². The number of aromatic nitrogens is 6. The summed E-state index contributed by atoms with van der Waals surface area (Å²) in [6.07, 6.45) is -2.78. The predicted molar refractivity (Wildman–Crippen MR) is 116 cm³/mol. The summed E-state index contributed by atoms with van der Waals surface area (Å²) in [7, 11) is 0. The molecule has 0 amide bonds. The van der Waals surface area contributed by atoms with E-state index in [9.17, 15) is 13.2 Å². The van der Waals surface area contributed by atoms with Crippen LogP contribution in [0, 0.1) is 13.8 Å². The molecular weight excluding hydrogens is 441 g/mol. The van der Waals surface area contributed by atoms with Gasteiger partial charge in [-0.3, -0.25) is 9.36 Å². The summed E-state index contributed by atoms with van der Waals surface area (Å²) in [5.74, 6) is 0.497. The molecule has 0 fully saturated rings. The number of benzene rings is 1. The van der Waals surface area contributed by atoms with Gasteiger partial charge >= 0.3 is 6.18 Å². The van der Waals surface area contributed by atoms with E-state index in [1.165, 1.54) is 22.1 Å². The zero-order valence-electron chi connectivity index (χ0n) is 17.6. The van der Waals surface area contributed by atoms with Gasteiger partial charge in [0.25, 0.3) is 0 Å². The van der Waals surface area contributed by atoms with E-state index in [1.807, 2.05) is 31.5 Å². The number of hydrogen-bond acceptors (Lipinski definition) is 7. The monoisotopic (exact) mass is 462 g/mol. The van der Waals surface area contributed by atoms with Crippen LogP contribution >= 0.6 is 11.3 Å². The van der Waals surface area contributed by atoms with Crippen LogP contribution in [-0.4, -0.2) is 29.8 Å². The van der Waals surface area contributed by atoms with Gasteiger partial charge in [-0.25, -0.2) is 0 Å². The minimum Gasteiger partial charge on any atom is -0.398 e. The van der Waals surface area contributed by atoms with Gasteiger partial charge in [-0.15, -0.1) is 10.2 Å². The van der Waals surface area contributed by atoms with Crippen LogP contribution in [0.1, 0.15) is 40.5 Å². The molecule has 0 aliphatic rings. The van der Waals surface area contributed by atoms with Gasteiger partial charge in [-0.05, 0) is 50.6 Å². The van der Waals surface area contributed by atoms with Crippen LogP contribution in [0.3, 0.4) is 0 Å². The summed E-state index contributed by atoms with van der Waals surface area (Å²) in [6, 6.07) is 6.90. The second-order valence-electron chi connectivity index (χ2n) is 7.43. The Bertz CT molecular complexity index is 1240. The van der Waals surface area contributed by atoms with Gasteiger partial charge < -0.3 is 11.1 Å². The maximum atomic E-state index is 13.0. The van der Waals surface area contributed by atoms with Crippen molar-refractivity contribution in [3.8, 4) is 0 Å². The fourth-order valence-electron chi connectivity index (χ4n) is 3.32. The van der Waals surface area contributed by atoms with Crippen molar-refractivity contribution in [2.45, 2.75) is 39.5 Å². The molecular formula is C20H21F3N8S. The van der Waals surface area contributed by atoms with Crippen LogP contribution < -0.4 is 11.1 Å². The molecule has 4 rings (SSSR count). The molecule has 1 atom stereocenters. The third-order valence-electron chi connectivity index (χ3n) is 4.89. The standard InChI is InChI=1S/C20H21F3N8S/c1-11-8-12(2)31(28-11)13(3)18-26-27-19(32-18)25-17-6-7-30(29-17)10-14-9-15(20(21,22)23)4-5-16(14)24/h4-9,13H,10,24H2,1-3H3,(H,25,27,29). The van der Waals surface area contributed by atoms with E-state index in [2.05, 4.69) is 25.7 Å². The number of alkyl halides is 3. The highest BCUT2D eigenvalue weighted by Gasteiger charge is 2.30. The Morgan fingerprint density at radius 1 is 1.12 bits per heavy atom. The molecule has 168 valence electrons. The fourth-order valence-corrected chi connectivity index (χ4v) is 4.10. The number of hydrogen-bond donors (Lipinski definition) is 2. The third-order valence-corrected chi connectivity index (χ3v) is 5.90. The summed E-state index contributed by atoms with van der Waals surface area (Å²) < 4.78 is 42.4. The second-order valence-corrected chi connectivity index (χ2v) is 8.44. The second kappa shape index (κ2) is 8.26. The van der Waals surface area contributed by atoms with Gasteiger partial charge in [-0.1, -0.05) is 11.3 Å². The molecule has 0 bridgehead atoms. The fraction of sp³-hybridized carbons (Fsp3) is 0.300. The molecule has 0 spiro atoms. The van der Waals surface area contributed by atoms with Gasteiger partial charge in [0.15, 0.2) is 5.82 Å². The van der Waals surface area contributed by atoms with Crippen molar-refractivity contribution in [3.05, 3.63) is 64.1 Å². The molecule has 3 N–H and O–H groups in total. The number of halogens is 3. The summed E-state index contributed by atoms with van der Waals surface area (Å²) in [5.41, 5.74) is 7.69. The minimum absolute atomic E-state index is 0.0711. The van der Waals surface area contributed by atoms with E-state index in [-0.39, 0.29) is 18.3 Å². The Hall–Kier alpha value is -3.41. The molecule has 3 aromatic heterocycles. The molecule has 0 radical (unpaired) electrons. The van der Waals surface area contributed by atoms with Crippen molar-refractivity contribution in [1.82, 2.24) is 29.8 Å². The number of anilines is 3. The van der Waals surface area contributed by atoms with Gasteiger partial charge in [0, 0.05) is 23.6 Å². The molecule has 3 heterocycles. The van der Waals surface area contributed by atoms with Crippen LogP contribution in [0.2, 0.25) is 0 Å². The summed E-state index contributed by atoms with van der Waals surface area (Å²) >= 11 is 1.38. The first-order chi connectivity index (χ1) is 15.1. The van der Waals surface area contributed by atoms with E-state index in [4.69, 9.17) is 5.73 Å². The van der Waals surface area contributed by atoms with Crippen LogP contribution in [-0.2, 0) is 12.7 Å². The van der Waals surface area contributed by atoms with Crippen molar-refractivity contribution >= 4 is 28.0 Å². The Morgan fingerprint density at radius 3 is 2.59 bits per heavy atom.